The smallest absolute Gasteiger partial charge is 0.275 e. The molecule has 2 heterocycles. The van der Waals surface area contributed by atoms with Crippen molar-refractivity contribution < 1.29 is 9.84 Å². The lowest BCUT2D eigenvalue weighted by Gasteiger charge is -2.17. The molecule has 3 rings (SSSR count). The second-order valence-electron chi connectivity index (χ2n) is 5.94. The average Bonchev–Trinajstić information content (AvgIpc) is 3.00. The van der Waals surface area contributed by atoms with E-state index in [-0.39, 0.29) is 18.7 Å². The molecule has 2 aromatic heterocycles. The lowest BCUT2D eigenvalue weighted by atomic mass is 10.1. The number of fused-ring (bicyclic) bond motifs is 1. The fourth-order valence-electron chi connectivity index (χ4n) is 2.69. The first-order valence-corrected chi connectivity index (χ1v) is 7.74. The van der Waals surface area contributed by atoms with Gasteiger partial charge in [-0.25, -0.2) is 0 Å². The highest BCUT2D eigenvalue weighted by molar-refractivity contribution is 5.35. The lowest BCUT2D eigenvalue weighted by Crippen LogP contribution is -2.28. The van der Waals surface area contributed by atoms with Crippen LogP contribution in [-0.4, -0.2) is 37.0 Å². The summed E-state index contributed by atoms with van der Waals surface area (Å²) >= 11 is 0. The van der Waals surface area contributed by atoms with E-state index < -0.39 is 6.10 Å². The van der Waals surface area contributed by atoms with Crippen LogP contribution in [0.15, 0.2) is 35.4 Å². The Morgan fingerprint density at radius 3 is 2.79 bits per heavy atom. The number of nitrogens with zero attached hydrogens (tertiary/aromatic N) is 4. The minimum absolute atomic E-state index is 0.149. The molecule has 0 bridgehead atoms. The number of aryl methyl sites for hydroxylation is 3. The molecule has 7 heteroatoms. The molecule has 1 aromatic carbocycles. The molecule has 0 aliphatic heterocycles. The molecule has 1 N–H and O–H groups in total. The third kappa shape index (κ3) is 3.16. The van der Waals surface area contributed by atoms with Crippen LogP contribution >= 0.6 is 0 Å². The first kappa shape index (κ1) is 16.2. The van der Waals surface area contributed by atoms with Crippen LogP contribution in [0.25, 0.3) is 5.78 Å². The van der Waals surface area contributed by atoms with Crippen LogP contribution in [-0.2, 0) is 6.54 Å². The van der Waals surface area contributed by atoms with Gasteiger partial charge in [-0.15, -0.1) is 0 Å². The van der Waals surface area contributed by atoms with Crippen LogP contribution in [0.3, 0.4) is 0 Å². The largest absolute Gasteiger partial charge is 0.491 e. The van der Waals surface area contributed by atoms with Crippen molar-refractivity contribution in [3.05, 3.63) is 57.8 Å². The van der Waals surface area contributed by atoms with Crippen molar-refractivity contribution in [2.45, 2.75) is 33.4 Å². The minimum atomic E-state index is -0.743. The van der Waals surface area contributed by atoms with E-state index in [0.717, 1.165) is 11.3 Å². The Morgan fingerprint density at radius 1 is 1.25 bits per heavy atom. The zero-order valence-electron chi connectivity index (χ0n) is 13.9. The molecule has 0 saturated carbocycles. The fraction of sp³-hybridized carbons (Fsp3) is 0.353. The average molecular weight is 328 g/mol. The highest BCUT2D eigenvalue weighted by Crippen LogP contribution is 2.19. The Morgan fingerprint density at radius 2 is 2.04 bits per heavy atom. The Labute approximate surface area is 139 Å². The quantitative estimate of drug-likeness (QED) is 0.762. The van der Waals surface area contributed by atoms with Crippen molar-refractivity contribution in [1.82, 2.24) is 19.2 Å². The first-order valence-electron chi connectivity index (χ1n) is 7.74. The van der Waals surface area contributed by atoms with Gasteiger partial charge in [0.15, 0.2) is 0 Å². The van der Waals surface area contributed by atoms with Crippen molar-refractivity contribution in [1.29, 1.82) is 0 Å². The van der Waals surface area contributed by atoms with Crippen molar-refractivity contribution in [3.8, 4) is 5.75 Å². The van der Waals surface area contributed by atoms with Crippen molar-refractivity contribution in [2.75, 3.05) is 6.61 Å². The minimum Gasteiger partial charge on any atom is -0.491 e. The van der Waals surface area contributed by atoms with Gasteiger partial charge in [0, 0.05) is 11.8 Å². The number of rotatable bonds is 5. The maximum absolute atomic E-state index is 11.8. The molecule has 126 valence electrons. The van der Waals surface area contributed by atoms with Gasteiger partial charge in [-0.1, -0.05) is 17.7 Å². The molecule has 1 atom stereocenters. The summed E-state index contributed by atoms with van der Waals surface area (Å²) in [6.45, 7) is 6.21. The maximum Gasteiger partial charge on any atom is 0.275 e. The van der Waals surface area contributed by atoms with Crippen molar-refractivity contribution in [3.63, 3.8) is 0 Å². The summed E-state index contributed by atoms with van der Waals surface area (Å²) in [6, 6.07) is 7.38. The van der Waals surface area contributed by atoms with Crippen LogP contribution in [0.4, 0.5) is 0 Å². The molecule has 0 radical (unpaired) electrons. The Bertz CT molecular complexity index is 929. The summed E-state index contributed by atoms with van der Waals surface area (Å²) in [6.07, 6.45) is 0.581. The van der Waals surface area contributed by atoms with Gasteiger partial charge >= 0.3 is 0 Å². The summed E-state index contributed by atoms with van der Waals surface area (Å²) in [4.78, 5) is 15.9. The molecule has 0 fully saturated rings. The number of benzene rings is 1. The van der Waals surface area contributed by atoms with E-state index in [2.05, 4.69) is 10.1 Å². The molecule has 0 aliphatic rings. The summed E-state index contributed by atoms with van der Waals surface area (Å²) in [5.74, 6) is 1.16. The van der Waals surface area contributed by atoms with E-state index in [0.29, 0.717) is 11.5 Å². The third-order valence-electron chi connectivity index (χ3n) is 3.89. The molecule has 0 saturated heterocycles. The Kier molecular flexibility index (Phi) is 4.35. The summed E-state index contributed by atoms with van der Waals surface area (Å²) in [5.41, 5.74) is 2.67. The van der Waals surface area contributed by atoms with Gasteiger partial charge in [-0.05, 0) is 32.4 Å². The summed E-state index contributed by atoms with van der Waals surface area (Å²) in [7, 11) is 0. The summed E-state index contributed by atoms with van der Waals surface area (Å²) in [5, 5.41) is 14.2. The van der Waals surface area contributed by atoms with Gasteiger partial charge in [0.2, 0.25) is 5.78 Å². The van der Waals surface area contributed by atoms with Gasteiger partial charge in [0.05, 0.1) is 6.54 Å². The SMILES string of the molecule is Cc1ccc(OCC(O)Cn2c(C)cc(=O)n3ncnc23)c(C)c1. The van der Waals surface area contributed by atoms with E-state index in [4.69, 9.17) is 4.74 Å². The van der Waals surface area contributed by atoms with Crippen LogP contribution in [0.2, 0.25) is 0 Å². The number of aromatic nitrogens is 4. The standard InChI is InChI=1S/C17H20N4O3/c1-11-4-5-15(12(2)6-11)24-9-14(22)8-20-13(3)7-16(23)21-17(20)18-10-19-21/h4-7,10,14,22H,8-9H2,1-3H3. The normalized spacial score (nSPS) is 12.5. The van der Waals surface area contributed by atoms with Crippen molar-refractivity contribution in [2.24, 2.45) is 0 Å². The molecule has 24 heavy (non-hydrogen) atoms. The number of hydrogen-bond donors (Lipinski definition) is 1. The molecule has 7 nitrogen and oxygen atoms in total. The molecule has 0 amide bonds. The molecule has 1 unspecified atom stereocenters. The van der Waals surface area contributed by atoms with Crippen LogP contribution in [0, 0.1) is 20.8 Å². The van der Waals surface area contributed by atoms with E-state index in [1.165, 1.54) is 22.5 Å². The lowest BCUT2D eigenvalue weighted by molar-refractivity contribution is 0.0921. The van der Waals surface area contributed by atoms with Crippen LogP contribution < -0.4 is 10.3 Å². The number of aliphatic hydroxyl groups excluding tert-OH is 1. The van der Waals surface area contributed by atoms with Crippen LogP contribution in [0.1, 0.15) is 16.8 Å². The molecular formula is C17H20N4O3. The third-order valence-corrected chi connectivity index (χ3v) is 3.89. The number of aliphatic hydroxyl groups is 1. The summed E-state index contributed by atoms with van der Waals surface area (Å²) < 4.78 is 8.68. The predicted molar refractivity (Wildman–Crippen MR) is 89.4 cm³/mol. The second-order valence-corrected chi connectivity index (χ2v) is 5.94. The number of ether oxygens (including phenoxy) is 1. The first-order chi connectivity index (χ1) is 11.5. The maximum atomic E-state index is 11.8. The van der Waals surface area contributed by atoms with Gasteiger partial charge in [-0.3, -0.25) is 4.79 Å². The fourth-order valence-corrected chi connectivity index (χ4v) is 2.69. The van der Waals surface area contributed by atoms with E-state index >= 15 is 0 Å². The highest BCUT2D eigenvalue weighted by atomic mass is 16.5. The monoisotopic (exact) mass is 328 g/mol. The topological polar surface area (TPSA) is 81.7 Å². The molecule has 0 spiro atoms. The van der Waals surface area contributed by atoms with Crippen molar-refractivity contribution >= 4 is 5.78 Å². The molecular weight excluding hydrogens is 308 g/mol. The Balaban J connectivity index is 1.74. The zero-order chi connectivity index (χ0) is 17.3. The predicted octanol–water partition coefficient (Wildman–Crippen LogP) is 1.26. The van der Waals surface area contributed by atoms with E-state index in [1.54, 1.807) is 11.5 Å². The second kappa shape index (κ2) is 6.45. The van der Waals surface area contributed by atoms with Gasteiger partial charge in [0.25, 0.3) is 5.56 Å². The highest BCUT2D eigenvalue weighted by Gasteiger charge is 2.13. The van der Waals surface area contributed by atoms with E-state index in [1.807, 2.05) is 32.0 Å². The molecule has 3 aromatic rings. The van der Waals surface area contributed by atoms with E-state index in [9.17, 15) is 9.90 Å². The number of hydrogen-bond acceptors (Lipinski definition) is 5. The van der Waals surface area contributed by atoms with Gasteiger partial charge < -0.3 is 14.4 Å². The van der Waals surface area contributed by atoms with Gasteiger partial charge in [0.1, 0.15) is 24.8 Å². The zero-order valence-corrected chi connectivity index (χ0v) is 13.9. The molecule has 0 aliphatic carbocycles. The van der Waals surface area contributed by atoms with Crippen LogP contribution in [0.5, 0.6) is 5.75 Å². The Hall–Kier alpha value is -2.67. The van der Waals surface area contributed by atoms with Gasteiger partial charge in [-0.2, -0.15) is 14.6 Å².